The van der Waals surface area contributed by atoms with Gasteiger partial charge in [0.15, 0.2) is 5.69 Å². The second-order valence-electron chi connectivity index (χ2n) is 7.78. The molecule has 4 aromatic carbocycles. The van der Waals surface area contributed by atoms with Crippen LogP contribution in [0.15, 0.2) is 77.7 Å². The SMILES string of the molecule is [C-]#[N+]c1ccc(-c2c(SC(C)(C)C(=O)OCC)ccc3ccccc23)c2ccccc12. The number of nitrogens with zero attached hydrogens (tertiary/aromatic N) is 1. The quantitative estimate of drug-likeness (QED) is 0.187. The third-order valence-corrected chi connectivity index (χ3v) is 6.55. The van der Waals surface area contributed by atoms with Gasteiger partial charge in [-0.1, -0.05) is 66.7 Å². The fourth-order valence-corrected chi connectivity index (χ4v) is 4.98. The number of hydrogen-bond donors (Lipinski definition) is 0. The number of carbonyl (C=O) groups is 1. The second-order valence-corrected chi connectivity index (χ2v) is 9.45. The number of esters is 1. The van der Waals surface area contributed by atoms with Gasteiger partial charge < -0.3 is 4.74 Å². The number of hydrogen-bond acceptors (Lipinski definition) is 3. The summed E-state index contributed by atoms with van der Waals surface area (Å²) in [5.41, 5.74) is 2.77. The Morgan fingerprint density at radius 3 is 2.32 bits per heavy atom. The Morgan fingerprint density at radius 1 is 0.935 bits per heavy atom. The fraction of sp³-hybridized carbons (Fsp3) is 0.185. The second kappa shape index (κ2) is 8.45. The molecule has 0 heterocycles. The van der Waals surface area contributed by atoms with Crippen molar-refractivity contribution in [2.45, 2.75) is 30.4 Å². The third-order valence-electron chi connectivity index (χ3n) is 5.31. The standard InChI is InChI=1S/C27H23NO2S/c1-5-30-26(29)27(2,3)31-24-17-14-18-10-6-7-11-19(18)25(24)22-15-16-23(28-4)21-13-9-8-12-20(21)22/h6-17H,5H2,1-3H3. The molecule has 4 aromatic rings. The van der Waals surface area contributed by atoms with Crippen LogP contribution in [0.3, 0.4) is 0 Å². The predicted octanol–water partition coefficient (Wildman–Crippen LogP) is 7.64. The van der Waals surface area contributed by atoms with Gasteiger partial charge in [-0.15, -0.1) is 11.8 Å². The van der Waals surface area contributed by atoms with E-state index in [1.165, 1.54) is 11.8 Å². The Labute approximate surface area is 186 Å². The Balaban J connectivity index is 2.00. The lowest BCUT2D eigenvalue weighted by Gasteiger charge is -2.24. The first kappa shape index (κ1) is 21.0. The predicted molar refractivity (Wildman–Crippen MR) is 130 cm³/mol. The van der Waals surface area contributed by atoms with Crippen LogP contribution in [-0.4, -0.2) is 17.3 Å². The highest BCUT2D eigenvalue weighted by Gasteiger charge is 2.32. The monoisotopic (exact) mass is 425 g/mol. The summed E-state index contributed by atoms with van der Waals surface area (Å²) < 4.78 is 4.58. The zero-order chi connectivity index (χ0) is 22.0. The molecule has 154 valence electrons. The van der Waals surface area contributed by atoms with E-state index in [9.17, 15) is 4.79 Å². The molecule has 31 heavy (non-hydrogen) atoms. The van der Waals surface area contributed by atoms with Gasteiger partial charge in [-0.3, -0.25) is 4.79 Å². The minimum atomic E-state index is -0.737. The molecule has 4 rings (SSSR count). The van der Waals surface area contributed by atoms with E-state index in [4.69, 9.17) is 11.3 Å². The van der Waals surface area contributed by atoms with Crippen LogP contribution in [0, 0.1) is 6.57 Å². The van der Waals surface area contributed by atoms with Crippen molar-refractivity contribution in [2.24, 2.45) is 0 Å². The molecule has 0 radical (unpaired) electrons. The van der Waals surface area contributed by atoms with Gasteiger partial charge in [0, 0.05) is 10.5 Å². The molecule has 4 heteroatoms. The molecule has 0 saturated heterocycles. The van der Waals surface area contributed by atoms with Crippen molar-refractivity contribution < 1.29 is 9.53 Å². The molecule has 0 amide bonds. The summed E-state index contributed by atoms with van der Waals surface area (Å²) in [7, 11) is 0. The van der Waals surface area contributed by atoms with Crippen molar-refractivity contribution >= 4 is 45.0 Å². The van der Waals surface area contributed by atoms with E-state index in [1.807, 2.05) is 63.2 Å². The first-order chi connectivity index (χ1) is 15.0. The van der Waals surface area contributed by atoms with Crippen molar-refractivity contribution in [3.8, 4) is 11.1 Å². The molecule has 0 spiro atoms. The van der Waals surface area contributed by atoms with E-state index in [-0.39, 0.29) is 5.97 Å². The number of ether oxygens (including phenoxy) is 1. The minimum absolute atomic E-state index is 0.229. The highest BCUT2D eigenvalue weighted by Crippen LogP contribution is 2.45. The first-order valence-corrected chi connectivity index (χ1v) is 11.1. The lowest BCUT2D eigenvalue weighted by atomic mass is 9.93. The summed E-state index contributed by atoms with van der Waals surface area (Å²) >= 11 is 1.51. The van der Waals surface area contributed by atoms with E-state index in [1.54, 1.807) is 0 Å². The van der Waals surface area contributed by atoms with Gasteiger partial charge in [0.2, 0.25) is 0 Å². The van der Waals surface area contributed by atoms with Crippen LogP contribution < -0.4 is 0 Å². The molecule has 3 nitrogen and oxygen atoms in total. The average Bonchev–Trinajstić information content (AvgIpc) is 2.78. The lowest BCUT2D eigenvalue weighted by Crippen LogP contribution is -2.30. The molecular weight excluding hydrogens is 402 g/mol. The fourth-order valence-electron chi connectivity index (χ4n) is 3.83. The highest BCUT2D eigenvalue weighted by molar-refractivity contribution is 8.01. The Bertz CT molecular complexity index is 1330. The van der Waals surface area contributed by atoms with Crippen LogP contribution in [0.5, 0.6) is 0 Å². The largest absolute Gasteiger partial charge is 0.465 e. The van der Waals surface area contributed by atoms with E-state index in [0.717, 1.165) is 37.6 Å². The Morgan fingerprint density at radius 2 is 1.61 bits per heavy atom. The molecule has 0 atom stereocenters. The summed E-state index contributed by atoms with van der Waals surface area (Å²) in [5.74, 6) is -0.229. The van der Waals surface area contributed by atoms with Gasteiger partial charge in [0.05, 0.1) is 13.2 Å². The van der Waals surface area contributed by atoms with Crippen LogP contribution in [-0.2, 0) is 9.53 Å². The highest BCUT2D eigenvalue weighted by atomic mass is 32.2. The molecule has 0 aliphatic heterocycles. The van der Waals surface area contributed by atoms with Gasteiger partial charge in [-0.25, -0.2) is 4.85 Å². The average molecular weight is 426 g/mol. The minimum Gasteiger partial charge on any atom is -0.465 e. The van der Waals surface area contributed by atoms with Crippen molar-refractivity contribution in [1.82, 2.24) is 0 Å². The summed E-state index contributed by atoms with van der Waals surface area (Å²) in [6.45, 7) is 13.5. The summed E-state index contributed by atoms with van der Waals surface area (Å²) in [4.78, 5) is 17.3. The van der Waals surface area contributed by atoms with Gasteiger partial charge >= 0.3 is 5.97 Å². The maximum atomic E-state index is 12.6. The van der Waals surface area contributed by atoms with Gasteiger partial charge in [0.25, 0.3) is 0 Å². The van der Waals surface area contributed by atoms with Crippen LogP contribution in [0.4, 0.5) is 5.69 Å². The van der Waals surface area contributed by atoms with Crippen molar-refractivity contribution in [3.05, 3.63) is 84.2 Å². The molecular formula is C27H23NO2S. The van der Waals surface area contributed by atoms with Crippen LogP contribution >= 0.6 is 11.8 Å². The topological polar surface area (TPSA) is 30.7 Å². The zero-order valence-corrected chi connectivity index (χ0v) is 18.6. The van der Waals surface area contributed by atoms with E-state index in [0.29, 0.717) is 12.3 Å². The van der Waals surface area contributed by atoms with E-state index >= 15 is 0 Å². The van der Waals surface area contributed by atoms with Crippen LogP contribution in [0.1, 0.15) is 20.8 Å². The maximum absolute atomic E-state index is 12.6. The number of fused-ring (bicyclic) bond motifs is 2. The maximum Gasteiger partial charge on any atom is 0.321 e. The molecule has 0 unspecified atom stereocenters. The number of rotatable bonds is 5. The Kier molecular flexibility index (Phi) is 5.71. The normalized spacial score (nSPS) is 11.4. The molecule has 0 fully saturated rings. The van der Waals surface area contributed by atoms with Crippen molar-refractivity contribution in [1.29, 1.82) is 0 Å². The Hall–Kier alpha value is -3.29. The van der Waals surface area contributed by atoms with Crippen molar-refractivity contribution in [3.63, 3.8) is 0 Å². The first-order valence-electron chi connectivity index (χ1n) is 10.2. The smallest absolute Gasteiger partial charge is 0.321 e. The lowest BCUT2D eigenvalue weighted by molar-refractivity contribution is -0.145. The van der Waals surface area contributed by atoms with E-state index in [2.05, 4.69) is 35.2 Å². The van der Waals surface area contributed by atoms with Gasteiger partial charge in [-0.2, -0.15) is 0 Å². The van der Waals surface area contributed by atoms with Crippen LogP contribution in [0.2, 0.25) is 0 Å². The summed E-state index contributed by atoms with van der Waals surface area (Å²) in [5, 5.41) is 4.22. The third kappa shape index (κ3) is 3.89. The molecule has 0 bridgehead atoms. The molecule has 0 saturated carbocycles. The summed E-state index contributed by atoms with van der Waals surface area (Å²) in [6.07, 6.45) is 0. The van der Waals surface area contributed by atoms with E-state index < -0.39 is 4.75 Å². The number of carbonyl (C=O) groups excluding carboxylic acids is 1. The van der Waals surface area contributed by atoms with Gasteiger partial charge in [-0.05, 0) is 53.9 Å². The number of benzene rings is 4. The van der Waals surface area contributed by atoms with Crippen molar-refractivity contribution in [2.75, 3.05) is 6.61 Å². The number of thioether (sulfide) groups is 1. The molecule has 0 aliphatic rings. The molecule has 0 aliphatic carbocycles. The molecule has 0 N–H and O–H groups in total. The van der Waals surface area contributed by atoms with Crippen LogP contribution in [0.25, 0.3) is 37.5 Å². The summed E-state index contributed by atoms with van der Waals surface area (Å²) in [6, 6.07) is 24.4. The molecule has 0 aromatic heterocycles. The van der Waals surface area contributed by atoms with Gasteiger partial charge in [0.1, 0.15) is 4.75 Å². The zero-order valence-electron chi connectivity index (χ0n) is 17.8.